The Bertz CT molecular complexity index is 506. The molecular weight excluding hydrogens is 220 g/mol. The van der Waals surface area contributed by atoms with Crippen molar-refractivity contribution in [3.63, 3.8) is 0 Å². The number of benzene rings is 1. The fourth-order valence-corrected chi connectivity index (χ4v) is 1.99. The van der Waals surface area contributed by atoms with Crippen molar-refractivity contribution in [2.45, 2.75) is 6.92 Å². The maximum Gasteiger partial charge on any atom is 0.256 e. The molecule has 3 N–H and O–H groups in total. The maximum atomic E-state index is 11.7. The molecule has 1 heterocycles. The number of amides is 1. The summed E-state index contributed by atoms with van der Waals surface area (Å²) in [6.07, 6.45) is 0. The van der Waals surface area contributed by atoms with E-state index >= 15 is 0 Å². The highest BCUT2D eigenvalue weighted by molar-refractivity contribution is 7.08. The van der Waals surface area contributed by atoms with Crippen molar-refractivity contribution in [3.05, 3.63) is 46.2 Å². The Hall–Kier alpha value is -1.81. The fourth-order valence-electron chi connectivity index (χ4n) is 1.35. The van der Waals surface area contributed by atoms with Crippen LogP contribution in [-0.2, 0) is 0 Å². The van der Waals surface area contributed by atoms with Crippen LogP contribution in [0.25, 0.3) is 0 Å². The zero-order valence-corrected chi connectivity index (χ0v) is 9.67. The number of nitrogens with two attached hydrogens (primary N) is 1. The van der Waals surface area contributed by atoms with Crippen molar-refractivity contribution in [2.75, 3.05) is 11.1 Å². The van der Waals surface area contributed by atoms with Crippen molar-refractivity contribution in [1.82, 2.24) is 0 Å². The maximum absolute atomic E-state index is 11.7. The van der Waals surface area contributed by atoms with Crippen LogP contribution in [0.4, 0.5) is 11.4 Å². The number of nitrogens with one attached hydrogen (secondary N) is 1. The summed E-state index contributed by atoms with van der Waals surface area (Å²) in [7, 11) is 0. The molecule has 1 aromatic heterocycles. The van der Waals surface area contributed by atoms with E-state index in [4.69, 9.17) is 5.73 Å². The molecule has 0 spiro atoms. The van der Waals surface area contributed by atoms with E-state index in [9.17, 15) is 4.79 Å². The monoisotopic (exact) mass is 232 g/mol. The molecule has 3 nitrogen and oxygen atoms in total. The van der Waals surface area contributed by atoms with Crippen LogP contribution >= 0.6 is 11.3 Å². The second-order valence-electron chi connectivity index (χ2n) is 3.54. The normalized spacial score (nSPS) is 10.1. The predicted molar refractivity (Wildman–Crippen MR) is 67.9 cm³/mol. The highest BCUT2D eigenvalue weighted by atomic mass is 32.1. The van der Waals surface area contributed by atoms with Crippen LogP contribution in [0.15, 0.2) is 35.0 Å². The van der Waals surface area contributed by atoms with Crippen LogP contribution in [0.1, 0.15) is 15.9 Å². The van der Waals surface area contributed by atoms with Crippen LogP contribution in [0.2, 0.25) is 0 Å². The average molecular weight is 232 g/mol. The number of rotatable bonds is 2. The Labute approximate surface area is 97.9 Å². The first-order chi connectivity index (χ1) is 7.66. The van der Waals surface area contributed by atoms with Gasteiger partial charge in [-0.25, -0.2) is 0 Å². The molecule has 1 amide bonds. The quantitative estimate of drug-likeness (QED) is 0.782. The van der Waals surface area contributed by atoms with E-state index in [0.29, 0.717) is 5.56 Å². The molecule has 82 valence electrons. The highest BCUT2D eigenvalue weighted by Gasteiger charge is 2.06. The topological polar surface area (TPSA) is 55.1 Å². The molecule has 2 aromatic rings. The molecule has 0 atom stereocenters. The summed E-state index contributed by atoms with van der Waals surface area (Å²) in [5.74, 6) is -0.0922. The van der Waals surface area contributed by atoms with Crippen LogP contribution in [0, 0.1) is 6.92 Å². The van der Waals surface area contributed by atoms with Gasteiger partial charge in [-0.05, 0) is 42.1 Å². The Morgan fingerprint density at radius 3 is 2.81 bits per heavy atom. The average Bonchev–Trinajstić information content (AvgIpc) is 2.77. The van der Waals surface area contributed by atoms with Gasteiger partial charge in [-0.1, -0.05) is 0 Å². The predicted octanol–water partition coefficient (Wildman–Crippen LogP) is 2.89. The van der Waals surface area contributed by atoms with E-state index in [1.165, 1.54) is 11.3 Å². The van der Waals surface area contributed by atoms with Crippen molar-refractivity contribution in [3.8, 4) is 0 Å². The van der Waals surface area contributed by atoms with E-state index in [1.807, 2.05) is 23.8 Å². The molecule has 4 heteroatoms. The summed E-state index contributed by atoms with van der Waals surface area (Å²) < 4.78 is 0. The van der Waals surface area contributed by atoms with Gasteiger partial charge >= 0.3 is 0 Å². The minimum absolute atomic E-state index is 0.0922. The summed E-state index contributed by atoms with van der Waals surface area (Å²) >= 11 is 1.50. The number of nitrogen functional groups attached to an aromatic ring is 1. The molecule has 0 aliphatic heterocycles. The summed E-state index contributed by atoms with van der Waals surface area (Å²) in [5, 5.41) is 6.52. The van der Waals surface area contributed by atoms with Gasteiger partial charge in [0.1, 0.15) is 0 Å². The number of carbonyl (C=O) groups is 1. The van der Waals surface area contributed by atoms with Gasteiger partial charge in [-0.2, -0.15) is 11.3 Å². The summed E-state index contributed by atoms with van der Waals surface area (Å²) in [4.78, 5) is 11.7. The minimum atomic E-state index is -0.0922. The Kier molecular flexibility index (Phi) is 2.92. The number of thiophene rings is 1. The van der Waals surface area contributed by atoms with Gasteiger partial charge in [0.05, 0.1) is 5.56 Å². The molecule has 0 radical (unpaired) electrons. The van der Waals surface area contributed by atoms with Crippen molar-refractivity contribution < 1.29 is 4.79 Å². The fraction of sp³-hybridized carbons (Fsp3) is 0.0833. The van der Waals surface area contributed by atoms with Crippen LogP contribution in [0.5, 0.6) is 0 Å². The third-order valence-electron chi connectivity index (χ3n) is 2.31. The molecule has 0 saturated heterocycles. The molecule has 0 aliphatic rings. The Balaban J connectivity index is 2.15. The van der Waals surface area contributed by atoms with Gasteiger partial charge in [-0.3, -0.25) is 4.79 Å². The van der Waals surface area contributed by atoms with Gasteiger partial charge in [0, 0.05) is 16.8 Å². The van der Waals surface area contributed by atoms with Crippen LogP contribution in [0.3, 0.4) is 0 Å². The summed E-state index contributed by atoms with van der Waals surface area (Å²) in [6, 6.07) is 7.24. The molecule has 1 aromatic carbocycles. The van der Waals surface area contributed by atoms with Crippen LogP contribution < -0.4 is 11.1 Å². The molecular formula is C12H12N2OS. The van der Waals surface area contributed by atoms with Crippen molar-refractivity contribution in [2.24, 2.45) is 0 Å². The number of hydrogen-bond donors (Lipinski definition) is 2. The number of aryl methyl sites for hydroxylation is 1. The lowest BCUT2D eigenvalue weighted by molar-refractivity contribution is 0.102. The minimum Gasteiger partial charge on any atom is -0.399 e. The highest BCUT2D eigenvalue weighted by Crippen LogP contribution is 2.17. The molecule has 0 fully saturated rings. The second-order valence-corrected chi connectivity index (χ2v) is 4.32. The lowest BCUT2D eigenvalue weighted by Gasteiger charge is -2.06. The molecule has 0 saturated carbocycles. The van der Waals surface area contributed by atoms with Gasteiger partial charge in [0.15, 0.2) is 0 Å². The third kappa shape index (κ3) is 2.23. The van der Waals surface area contributed by atoms with Gasteiger partial charge in [0.25, 0.3) is 5.91 Å². The van der Waals surface area contributed by atoms with E-state index in [0.717, 1.165) is 16.9 Å². The zero-order chi connectivity index (χ0) is 11.5. The molecule has 0 unspecified atom stereocenters. The second kappa shape index (κ2) is 4.37. The first-order valence-corrected chi connectivity index (χ1v) is 5.81. The Morgan fingerprint density at radius 2 is 2.19 bits per heavy atom. The van der Waals surface area contributed by atoms with Crippen LogP contribution in [-0.4, -0.2) is 5.91 Å². The van der Waals surface area contributed by atoms with E-state index in [1.54, 1.807) is 18.2 Å². The first-order valence-electron chi connectivity index (χ1n) is 4.86. The lowest BCUT2D eigenvalue weighted by Crippen LogP contribution is -2.10. The standard InChI is InChI=1S/C12H12N2OS/c1-8-6-10(2-3-11(8)13)14-12(15)9-4-5-16-7-9/h2-7H,13H2,1H3,(H,14,15). The van der Waals surface area contributed by atoms with Gasteiger partial charge in [0.2, 0.25) is 0 Å². The SMILES string of the molecule is Cc1cc(NC(=O)c2ccsc2)ccc1N. The molecule has 0 aliphatic carbocycles. The summed E-state index contributed by atoms with van der Waals surface area (Å²) in [6.45, 7) is 1.91. The lowest BCUT2D eigenvalue weighted by atomic mass is 10.2. The zero-order valence-electron chi connectivity index (χ0n) is 8.86. The smallest absolute Gasteiger partial charge is 0.256 e. The van der Waals surface area contributed by atoms with E-state index in [2.05, 4.69) is 5.32 Å². The van der Waals surface area contributed by atoms with E-state index < -0.39 is 0 Å². The van der Waals surface area contributed by atoms with Crippen molar-refractivity contribution >= 4 is 28.6 Å². The number of hydrogen-bond acceptors (Lipinski definition) is 3. The van der Waals surface area contributed by atoms with E-state index in [-0.39, 0.29) is 5.91 Å². The third-order valence-corrected chi connectivity index (χ3v) is 2.99. The molecule has 16 heavy (non-hydrogen) atoms. The van der Waals surface area contributed by atoms with Gasteiger partial charge < -0.3 is 11.1 Å². The number of anilines is 2. The molecule has 0 bridgehead atoms. The number of carbonyl (C=O) groups excluding carboxylic acids is 1. The van der Waals surface area contributed by atoms with Crippen molar-refractivity contribution in [1.29, 1.82) is 0 Å². The first kappa shape index (κ1) is 10.7. The summed E-state index contributed by atoms with van der Waals surface area (Å²) in [5.41, 5.74) is 8.84. The van der Waals surface area contributed by atoms with Gasteiger partial charge in [-0.15, -0.1) is 0 Å². The Morgan fingerprint density at radius 1 is 1.38 bits per heavy atom. The molecule has 2 rings (SSSR count). The largest absolute Gasteiger partial charge is 0.399 e.